The molecule has 0 amide bonds. The van der Waals surface area contributed by atoms with Crippen LogP contribution in [-0.4, -0.2) is 32.2 Å². The highest BCUT2D eigenvalue weighted by atomic mass is 28.3. The predicted molar refractivity (Wildman–Crippen MR) is 265 cm³/mol. The summed E-state index contributed by atoms with van der Waals surface area (Å²) in [5.74, 6) is 1.95. The van der Waals surface area contributed by atoms with Crippen LogP contribution in [0.2, 0.25) is 11.1 Å². The topological polar surface area (TPSA) is 48.5 Å². The standard InChI is InChI=1S/C57H51N5Si/c1-4-20-40(21-5-1)41-22-18-28-45(38-41)63(43-24-6-2-7-25-43,44-26-8-3-9-27-44)46-29-19-23-42(39-46)55-58-56(61-51-34-14-10-30-47(51)48-31-11-15-35-52(48)61)60-57(59-55)62-53-36-16-12-32-49(53)50-33-13-17-37-54(50)62/h1,4-5,10-23,28-39,43-44H,2-3,6-9,24-27H2. The van der Waals surface area contributed by atoms with E-state index in [2.05, 4.69) is 185 Å². The maximum absolute atomic E-state index is 5.53. The molecule has 0 saturated heterocycles. The number of aromatic nitrogens is 5. The van der Waals surface area contributed by atoms with Crippen LogP contribution in [0.3, 0.4) is 0 Å². The molecule has 7 aromatic carbocycles. The zero-order valence-electron chi connectivity index (χ0n) is 35.7. The number of hydrogen-bond acceptors (Lipinski definition) is 3. The molecule has 0 aliphatic heterocycles. The molecule has 2 aliphatic carbocycles. The summed E-state index contributed by atoms with van der Waals surface area (Å²) in [5, 5.41) is 7.88. The average Bonchev–Trinajstić information content (AvgIpc) is 3.89. The van der Waals surface area contributed by atoms with Crippen LogP contribution >= 0.6 is 0 Å². The normalized spacial score (nSPS) is 15.5. The molecular weight excluding hydrogens is 783 g/mol. The third-order valence-electron chi connectivity index (χ3n) is 14.7. The van der Waals surface area contributed by atoms with Crippen LogP contribution in [0.25, 0.3) is 78.0 Å². The first-order valence-electron chi connectivity index (χ1n) is 23.3. The molecule has 5 nitrogen and oxygen atoms in total. The predicted octanol–water partition coefficient (Wildman–Crippen LogP) is 13.6. The van der Waals surface area contributed by atoms with Crippen LogP contribution in [0.1, 0.15) is 64.2 Å². The second-order valence-electron chi connectivity index (χ2n) is 18.1. The Morgan fingerprint density at radius 1 is 0.349 bits per heavy atom. The summed E-state index contributed by atoms with van der Waals surface area (Å²) in [6, 6.07) is 65.0. The summed E-state index contributed by atoms with van der Waals surface area (Å²) in [6.07, 6.45) is 13.2. The van der Waals surface area contributed by atoms with Gasteiger partial charge in [-0.3, -0.25) is 9.13 Å². The van der Waals surface area contributed by atoms with Crippen molar-refractivity contribution in [1.82, 2.24) is 24.1 Å². The second kappa shape index (κ2) is 15.9. The molecule has 0 bridgehead atoms. The van der Waals surface area contributed by atoms with Crippen molar-refractivity contribution in [2.24, 2.45) is 0 Å². The van der Waals surface area contributed by atoms with Crippen LogP contribution in [0.4, 0.5) is 0 Å². The largest absolute Gasteiger partial charge is 0.278 e. The second-order valence-corrected chi connectivity index (χ2v) is 22.6. The molecule has 2 aliphatic rings. The molecule has 0 N–H and O–H groups in total. The molecule has 0 unspecified atom stereocenters. The van der Waals surface area contributed by atoms with Crippen molar-refractivity contribution in [2.75, 3.05) is 0 Å². The van der Waals surface area contributed by atoms with Crippen LogP contribution < -0.4 is 10.4 Å². The first-order valence-corrected chi connectivity index (χ1v) is 25.4. The maximum atomic E-state index is 5.53. The minimum Gasteiger partial charge on any atom is -0.278 e. The van der Waals surface area contributed by atoms with Gasteiger partial charge in [0, 0.05) is 27.1 Å². The van der Waals surface area contributed by atoms with Crippen molar-refractivity contribution >= 4 is 62.1 Å². The molecule has 63 heavy (non-hydrogen) atoms. The van der Waals surface area contributed by atoms with E-state index in [0.717, 1.165) is 27.6 Å². The fourth-order valence-electron chi connectivity index (χ4n) is 12.0. The lowest BCUT2D eigenvalue weighted by molar-refractivity contribution is 0.459. The molecule has 3 aromatic heterocycles. The summed E-state index contributed by atoms with van der Waals surface area (Å²) in [4.78, 5) is 16.5. The number of rotatable bonds is 8. The Bertz CT molecular complexity index is 3020. The summed E-state index contributed by atoms with van der Waals surface area (Å²) in [5.41, 5.74) is 9.36. The molecule has 6 heteroatoms. The fourth-order valence-corrected chi connectivity index (χ4v) is 19.1. The number of benzene rings is 7. The Hall–Kier alpha value is -6.63. The maximum Gasteiger partial charge on any atom is 0.240 e. The van der Waals surface area contributed by atoms with E-state index in [9.17, 15) is 0 Å². The van der Waals surface area contributed by atoms with Gasteiger partial charge in [-0.15, -0.1) is 0 Å². The monoisotopic (exact) mass is 833 g/mol. The molecule has 3 heterocycles. The zero-order chi connectivity index (χ0) is 41.7. The third-order valence-corrected chi connectivity index (χ3v) is 21.0. The van der Waals surface area contributed by atoms with Crippen LogP contribution in [0.5, 0.6) is 0 Å². The van der Waals surface area contributed by atoms with Gasteiger partial charge in [0.2, 0.25) is 11.9 Å². The smallest absolute Gasteiger partial charge is 0.240 e. The highest BCUT2D eigenvalue weighted by molar-refractivity contribution is 7.04. The van der Waals surface area contributed by atoms with Gasteiger partial charge in [0.15, 0.2) is 5.82 Å². The van der Waals surface area contributed by atoms with Crippen molar-refractivity contribution in [3.63, 3.8) is 0 Å². The van der Waals surface area contributed by atoms with Crippen molar-refractivity contribution in [1.29, 1.82) is 0 Å². The van der Waals surface area contributed by atoms with E-state index < -0.39 is 8.07 Å². The van der Waals surface area contributed by atoms with Crippen LogP contribution in [-0.2, 0) is 0 Å². The Morgan fingerprint density at radius 3 is 1.19 bits per heavy atom. The number of nitrogens with zero attached hydrogens (tertiary/aromatic N) is 5. The first-order chi connectivity index (χ1) is 31.3. The van der Waals surface area contributed by atoms with Crippen molar-refractivity contribution in [2.45, 2.75) is 75.3 Å². The molecule has 12 rings (SSSR count). The molecule has 2 fully saturated rings. The highest BCUT2D eigenvalue weighted by Crippen LogP contribution is 2.48. The molecular formula is C57H51N5Si. The summed E-state index contributed by atoms with van der Waals surface area (Å²) < 4.78 is 4.49. The van der Waals surface area contributed by atoms with Gasteiger partial charge in [0.1, 0.15) is 8.07 Å². The molecule has 0 spiro atoms. The summed E-state index contributed by atoms with van der Waals surface area (Å²) in [7, 11) is -2.43. The molecule has 0 radical (unpaired) electrons. The van der Waals surface area contributed by atoms with Gasteiger partial charge in [-0.25, -0.2) is 0 Å². The van der Waals surface area contributed by atoms with Gasteiger partial charge in [-0.05, 0) is 46.5 Å². The lowest BCUT2D eigenvalue weighted by atomic mass is 9.99. The highest BCUT2D eigenvalue weighted by Gasteiger charge is 2.50. The SMILES string of the molecule is c1ccc(-c2cccc([Si](c3cccc(-c4nc(-n5c6ccccc6c6ccccc65)nc(-n5c6ccccc6c6ccccc65)n4)c3)(C3CCCCC3)C3CCCCC3)c2)cc1. The average molecular weight is 834 g/mol. The van der Waals surface area contributed by atoms with Crippen LogP contribution in [0.15, 0.2) is 176 Å². The Balaban J connectivity index is 1.12. The van der Waals surface area contributed by atoms with Crippen molar-refractivity contribution in [3.05, 3.63) is 176 Å². The van der Waals surface area contributed by atoms with Crippen LogP contribution in [0, 0.1) is 0 Å². The molecule has 308 valence electrons. The summed E-state index contributed by atoms with van der Waals surface area (Å²) in [6.45, 7) is 0. The van der Waals surface area contributed by atoms with E-state index in [1.165, 1.54) is 96.9 Å². The van der Waals surface area contributed by atoms with E-state index >= 15 is 0 Å². The van der Waals surface area contributed by atoms with Crippen molar-refractivity contribution in [3.8, 4) is 34.4 Å². The molecule has 0 atom stereocenters. The zero-order valence-corrected chi connectivity index (χ0v) is 36.7. The lowest BCUT2D eigenvalue weighted by Gasteiger charge is -2.49. The van der Waals surface area contributed by atoms with E-state index in [-0.39, 0.29) is 0 Å². The Labute approximate surface area is 370 Å². The van der Waals surface area contributed by atoms with Gasteiger partial charge in [0.05, 0.1) is 22.1 Å². The third kappa shape index (κ3) is 6.37. The van der Waals surface area contributed by atoms with E-state index in [1.807, 2.05) is 0 Å². The molecule has 2 saturated carbocycles. The first kappa shape index (κ1) is 38.1. The van der Waals surface area contributed by atoms with Gasteiger partial charge >= 0.3 is 0 Å². The van der Waals surface area contributed by atoms with Gasteiger partial charge < -0.3 is 0 Å². The Morgan fingerprint density at radius 2 is 0.730 bits per heavy atom. The number of para-hydroxylation sites is 4. The fraction of sp³-hybridized carbons (Fsp3) is 0.211. The minimum absolute atomic E-state index is 0.623. The van der Waals surface area contributed by atoms with Gasteiger partial charge in [-0.2, -0.15) is 15.0 Å². The summed E-state index contributed by atoms with van der Waals surface area (Å²) >= 11 is 0. The number of hydrogen-bond donors (Lipinski definition) is 0. The number of fused-ring (bicyclic) bond motifs is 6. The van der Waals surface area contributed by atoms with Gasteiger partial charge in [0.25, 0.3) is 0 Å². The lowest BCUT2D eigenvalue weighted by Crippen LogP contribution is -2.65. The van der Waals surface area contributed by atoms with E-state index in [4.69, 9.17) is 15.0 Å². The molecule has 10 aromatic rings. The minimum atomic E-state index is -2.43. The van der Waals surface area contributed by atoms with Gasteiger partial charge in [-0.1, -0.05) is 226 Å². The Kier molecular flexibility index (Phi) is 9.63. The quantitative estimate of drug-likeness (QED) is 0.143. The van der Waals surface area contributed by atoms with E-state index in [0.29, 0.717) is 28.8 Å². The van der Waals surface area contributed by atoms with Crippen molar-refractivity contribution < 1.29 is 0 Å². The van der Waals surface area contributed by atoms with E-state index in [1.54, 1.807) is 10.4 Å².